The van der Waals surface area contributed by atoms with Gasteiger partial charge in [0.2, 0.25) is 0 Å². The maximum absolute atomic E-state index is 10.5. The van der Waals surface area contributed by atoms with Gasteiger partial charge in [0, 0.05) is 14.1 Å². The Kier molecular flexibility index (Phi) is 3.91. The number of fused-ring (bicyclic) bond motifs is 5. The van der Waals surface area contributed by atoms with E-state index in [9.17, 15) is 5.11 Å². The van der Waals surface area contributed by atoms with Gasteiger partial charge in [-0.15, -0.1) is 5.11 Å². The molecule has 1 aromatic carbocycles. The molecule has 24 heavy (non-hydrogen) atoms. The standard InChI is InChI=1S/C20H29N3O/c1-20-11-10-16-15-7-5-14(21-22-23(2)3)12-13(15)4-6-17(16)18(20)8-9-19(20)24/h5,7,12,16-19,24H,4,6,8-11H2,1-3H3/b22-21+. The highest BCUT2D eigenvalue weighted by Crippen LogP contribution is 2.60. The number of rotatable bonds is 2. The molecule has 3 aliphatic rings. The normalized spacial score (nSPS) is 37.8. The zero-order valence-electron chi connectivity index (χ0n) is 15.1. The minimum Gasteiger partial charge on any atom is -0.393 e. The smallest absolute Gasteiger partial charge is 0.0877 e. The minimum absolute atomic E-state index is 0.0846. The summed E-state index contributed by atoms with van der Waals surface area (Å²) in [6, 6.07) is 6.64. The number of aliphatic hydroxyl groups excluding tert-OH is 1. The number of nitrogens with zero attached hydrogens (tertiary/aromatic N) is 3. The van der Waals surface area contributed by atoms with E-state index in [2.05, 4.69) is 35.5 Å². The summed E-state index contributed by atoms with van der Waals surface area (Å²) in [4.78, 5) is 0. The van der Waals surface area contributed by atoms with Crippen molar-refractivity contribution in [1.29, 1.82) is 0 Å². The van der Waals surface area contributed by atoms with Crippen molar-refractivity contribution < 1.29 is 5.11 Å². The van der Waals surface area contributed by atoms with Crippen LogP contribution in [0, 0.1) is 17.3 Å². The number of aliphatic hydroxyl groups is 1. The van der Waals surface area contributed by atoms with Crippen LogP contribution in [0.2, 0.25) is 0 Å². The molecule has 0 amide bonds. The van der Waals surface area contributed by atoms with Crippen molar-refractivity contribution in [2.75, 3.05) is 14.1 Å². The van der Waals surface area contributed by atoms with E-state index in [1.54, 1.807) is 10.6 Å². The Morgan fingerprint density at radius 1 is 1.17 bits per heavy atom. The molecule has 4 heteroatoms. The first-order valence-corrected chi connectivity index (χ1v) is 9.39. The van der Waals surface area contributed by atoms with Gasteiger partial charge in [0.1, 0.15) is 0 Å². The van der Waals surface area contributed by atoms with Gasteiger partial charge >= 0.3 is 0 Å². The van der Waals surface area contributed by atoms with E-state index < -0.39 is 0 Å². The second-order valence-corrected chi connectivity index (χ2v) is 8.47. The van der Waals surface area contributed by atoms with Gasteiger partial charge in [0.15, 0.2) is 0 Å². The van der Waals surface area contributed by atoms with Crippen LogP contribution in [-0.4, -0.2) is 30.3 Å². The van der Waals surface area contributed by atoms with Crippen LogP contribution in [0.3, 0.4) is 0 Å². The summed E-state index contributed by atoms with van der Waals surface area (Å²) in [6.45, 7) is 2.34. The van der Waals surface area contributed by atoms with Gasteiger partial charge in [-0.05, 0) is 85.0 Å². The molecular weight excluding hydrogens is 298 g/mol. The lowest BCUT2D eigenvalue weighted by Crippen LogP contribution is -2.43. The van der Waals surface area contributed by atoms with Gasteiger partial charge in [0.05, 0.1) is 11.8 Å². The topological polar surface area (TPSA) is 48.2 Å². The Balaban J connectivity index is 1.61. The fourth-order valence-corrected chi connectivity index (χ4v) is 5.74. The fourth-order valence-electron chi connectivity index (χ4n) is 5.74. The molecule has 0 spiro atoms. The van der Waals surface area contributed by atoms with Gasteiger partial charge in [-0.2, -0.15) is 0 Å². The largest absolute Gasteiger partial charge is 0.393 e. The van der Waals surface area contributed by atoms with E-state index in [1.165, 1.54) is 31.2 Å². The monoisotopic (exact) mass is 327 g/mol. The third-order valence-electron chi connectivity index (χ3n) is 7.00. The number of hydrogen-bond donors (Lipinski definition) is 1. The Morgan fingerprint density at radius 2 is 2.00 bits per heavy atom. The first-order chi connectivity index (χ1) is 11.5. The van der Waals surface area contributed by atoms with E-state index >= 15 is 0 Å². The minimum atomic E-state index is -0.0846. The van der Waals surface area contributed by atoms with Gasteiger partial charge in [-0.3, -0.25) is 5.01 Å². The molecule has 1 N–H and O–H groups in total. The first kappa shape index (κ1) is 16.1. The maximum Gasteiger partial charge on any atom is 0.0877 e. The van der Waals surface area contributed by atoms with Crippen LogP contribution in [0.15, 0.2) is 28.5 Å². The van der Waals surface area contributed by atoms with Crippen molar-refractivity contribution in [3.63, 3.8) is 0 Å². The van der Waals surface area contributed by atoms with Crippen LogP contribution in [-0.2, 0) is 6.42 Å². The molecule has 1 aromatic rings. The number of benzene rings is 1. The average Bonchev–Trinajstić information content (AvgIpc) is 2.88. The molecule has 5 unspecified atom stereocenters. The van der Waals surface area contributed by atoms with Gasteiger partial charge < -0.3 is 5.11 Å². The lowest BCUT2D eigenvalue weighted by molar-refractivity contribution is -0.0226. The zero-order chi connectivity index (χ0) is 16.9. The molecule has 130 valence electrons. The van der Waals surface area contributed by atoms with Crippen LogP contribution < -0.4 is 0 Å². The summed E-state index contributed by atoms with van der Waals surface area (Å²) in [5.74, 6) is 2.13. The third-order valence-corrected chi connectivity index (χ3v) is 7.00. The Hall–Kier alpha value is -1.42. The molecule has 5 atom stereocenters. The Morgan fingerprint density at radius 3 is 2.79 bits per heavy atom. The van der Waals surface area contributed by atoms with Crippen molar-refractivity contribution >= 4 is 5.69 Å². The summed E-state index contributed by atoms with van der Waals surface area (Å²) in [7, 11) is 3.78. The molecule has 0 bridgehead atoms. The fraction of sp³-hybridized carbons (Fsp3) is 0.700. The number of aryl methyl sites for hydroxylation is 1. The van der Waals surface area contributed by atoms with E-state index in [0.717, 1.165) is 24.4 Å². The number of hydrogen-bond acceptors (Lipinski definition) is 3. The third kappa shape index (κ3) is 2.46. The predicted octanol–water partition coefficient (Wildman–Crippen LogP) is 4.46. The van der Waals surface area contributed by atoms with Crippen molar-refractivity contribution in [1.82, 2.24) is 5.01 Å². The van der Waals surface area contributed by atoms with E-state index in [1.807, 2.05) is 14.1 Å². The van der Waals surface area contributed by atoms with Gasteiger partial charge in [0.25, 0.3) is 0 Å². The highest BCUT2D eigenvalue weighted by molar-refractivity contribution is 5.46. The molecule has 4 rings (SSSR count). The highest BCUT2D eigenvalue weighted by atomic mass is 16.3. The summed E-state index contributed by atoms with van der Waals surface area (Å²) in [5.41, 5.74) is 4.13. The molecule has 0 aromatic heterocycles. The van der Waals surface area contributed by atoms with Crippen LogP contribution in [0.5, 0.6) is 0 Å². The van der Waals surface area contributed by atoms with Crippen molar-refractivity contribution in [2.24, 2.45) is 27.6 Å². The van der Waals surface area contributed by atoms with E-state index in [4.69, 9.17) is 0 Å². The first-order valence-electron chi connectivity index (χ1n) is 9.39. The molecule has 0 heterocycles. The molecule has 3 aliphatic carbocycles. The van der Waals surface area contributed by atoms with Crippen LogP contribution in [0.1, 0.15) is 56.1 Å². The SMILES string of the molecule is CN(C)/N=N/c1ccc2c(c1)CCC1C2CCC2(C)C(O)CCC12. The molecular formula is C20H29N3O. The van der Waals surface area contributed by atoms with Crippen molar-refractivity contribution in [2.45, 2.75) is 57.5 Å². The second kappa shape index (κ2) is 5.83. The van der Waals surface area contributed by atoms with Crippen molar-refractivity contribution in [3.8, 4) is 0 Å². The van der Waals surface area contributed by atoms with Gasteiger partial charge in [-0.25, -0.2) is 0 Å². The second-order valence-electron chi connectivity index (χ2n) is 8.47. The Labute approximate surface area is 144 Å². The molecule has 2 saturated carbocycles. The molecule has 0 radical (unpaired) electrons. The average molecular weight is 327 g/mol. The molecule has 2 fully saturated rings. The van der Waals surface area contributed by atoms with Crippen molar-refractivity contribution in [3.05, 3.63) is 29.3 Å². The van der Waals surface area contributed by atoms with Crippen LogP contribution in [0.25, 0.3) is 0 Å². The van der Waals surface area contributed by atoms with Crippen LogP contribution >= 0.6 is 0 Å². The maximum atomic E-state index is 10.5. The molecule has 0 aliphatic heterocycles. The van der Waals surface area contributed by atoms with E-state index in [-0.39, 0.29) is 11.5 Å². The summed E-state index contributed by atoms with van der Waals surface area (Å²) < 4.78 is 0. The van der Waals surface area contributed by atoms with E-state index in [0.29, 0.717) is 11.8 Å². The predicted molar refractivity (Wildman–Crippen MR) is 95.3 cm³/mol. The quantitative estimate of drug-likeness (QED) is 0.644. The Bertz CT molecular complexity index is 656. The van der Waals surface area contributed by atoms with Crippen LogP contribution in [0.4, 0.5) is 5.69 Å². The zero-order valence-corrected chi connectivity index (χ0v) is 15.1. The molecule has 4 nitrogen and oxygen atoms in total. The lowest BCUT2D eigenvalue weighted by atomic mass is 9.55. The summed E-state index contributed by atoms with van der Waals surface area (Å²) >= 11 is 0. The lowest BCUT2D eigenvalue weighted by Gasteiger charge is -2.50. The summed E-state index contributed by atoms with van der Waals surface area (Å²) in [5, 5.41) is 20.6. The molecule has 0 saturated heterocycles. The highest BCUT2D eigenvalue weighted by Gasteiger charge is 2.54. The summed E-state index contributed by atoms with van der Waals surface area (Å²) in [6.07, 6.45) is 6.92. The van der Waals surface area contributed by atoms with Gasteiger partial charge in [-0.1, -0.05) is 18.2 Å².